The molecule has 0 bridgehead atoms. The summed E-state index contributed by atoms with van der Waals surface area (Å²) in [6.07, 6.45) is 7.52. The van der Waals surface area contributed by atoms with Gasteiger partial charge in [0.05, 0.1) is 5.41 Å². The van der Waals surface area contributed by atoms with E-state index in [9.17, 15) is 4.79 Å². The predicted octanol–water partition coefficient (Wildman–Crippen LogP) is 4.34. The van der Waals surface area contributed by atoms with Crippen molar-refractivity contribution in [1.82, 2.24) is 0 Å². The van der Waals surface area contributed by atoms with Crippen molar-refractivity contribution in [2.24, 2.45) is 5.41 Å². The minimum Gasteiger partial charge on any atom is -0.351 e. The lowest BCUT2D eigenvalue weighted by Gasteiger charge is -2.22. The molecule has 1 saturated carbocycles. The van der Waals surface area contributed by atoms with Gasteiger partial charge in [-0.25, -0.2) is 0 Å². The molecule has 0 aromatic heterocycles. The maximum absolute atomic E-state index is 12.6. The molecule has 2 nitrogen and oxygen atoms in total. The molecule has 1 aromatic carbocycles. The second-order valence-electron chi connectivity index (χ2n) is 5.54. The van der Waals surface area contributed by atoms with Crippen molar-refractivity contribution >= 4 is 11.5 Å². The molecule has 0 saturated heterocycles. The molecule has 0 aliphatic heterocycles. The van der Waals surface area contributed by atoms with Crippen LogP contribution < -0.4 is 4.90 Å². The first-order valence-electron chi connectivity index (χ1n) is 7.30. The van der Waals surface area contributed by atoms with Gasteiger partial charge in [-0.2, -0.15) is 0 Å². The Labute approximate surface area is 121 Å². The second-order valence-corrected chi connectivity index (χ2v) is 5.54. The molecule has 1 aromatic rings. The molecular formula is C18H23NO. The number of anilines is 1. The van der Waals surface area contributed by atoms with E-state index in [2.05, 4.69) is 13.5 Å². The summed E-state index contributed by atoms with van der Waals surface area (Å²) < 4.78 is 0. The van der Waals surface area contributed by atoms with E-state index in [-0.39, 0.29) is 11.2 Å². The third kappa shape index (κ3) is 2.69. The number of para-hydroxylation sites is 1. The van der Waals surface area contributed by atoms with Crippen LogP contribution in [0.1, 0.15) is 32.6 Å². The van der Waals surface area contributed by atoms with Gasteiger partial charge in [-0.3, -0.25) is 4.79 Å². The Balaban J connectivity index is 2.20. The molecule has 2 rings (SSSR count). The minimum atomic E-state index is -0.321. The third-order valence-corrected chi connectivity index (χ3v) is 4.18. The molecule has 2 heteroatoms. The van der Waals surface area contributed by atoms with Crippen molar-refractivity contribution in [2.75, 3.05) is 11.9 Å². The number of Topliss-reactive ketones (excluding diaryl/α,β-unsaturated/α-hetero) is 1. The summed E-state index contributed by atoms with van der Waals surface area (Å²) in [6, 6.07) is 10.1. The maximum atomic E-state index is 12.6. The Hall–Kier alpha value is -1.83. The molecule has 20 heavy (non-hydrogen) atoms. The van der Waals surface area contributed by atoms with Crippen LogP contribution in [0, 0.1) is 5.41 Å². The van der Waals surface area contributed by atoms with Crippen LogP contribution in [-0.4, -0.2) is 12.8 Å². The number of rotatable bonds is 5. The third-order valence-electron chi connectivity index (χ3n) is 4.18. The molecule has 1 aliphatic rings. The van der Waals surface area contributed by atoms with E-state index in [0.29, 0.717) is 0 Å². The molecule has 0 N–H and O–H groups in total. The standard InChI is InChI=1S/C18H23NO/c1-4-12-18(5-2)13-11-15(17(18)20)14-19(3)16-9-7-6-8-10-16/h5-10,14H,2,4,11-13H2,1,3H3/b15-14+. The van der Waals surface area contributed by atoms with Gasteiger partial charge in [0.1, 0.15) is 0 Å². The summed E-state index contributed by atoms with van der Waals surface area (Å²) in [6.45, 7) is 6.02. The lowest BCUT2D eigenvalue weighted by Crippen LogP contribution is -2.24. The molecule has 0 radical (unpaired) electrons. The van der Waals surface area contributed by atoms with Gasteiger partial charge in [0.15, 0.2) is 5.78 Å². The minimum absolute atomic E-state index is 0.261. The molecular weight excluding hydrogens is 246 g/mol. The summed E-state index contributed by atoms with van der Waals surface area (Å²) in [5.41, 5.74) is 1.70. The second kappa shape index (κ2) is 6.08. The number of ketones is 1. The highest BCUT2D eigenvalue weighted by atomic mass is 16.1. The fraction of sp³-hybridized carbons (Fsp3) is 0.389. The summed E-state index contributed by atoms with van der Waals surface area (Å²) in [4.78, 5) is 14.7. The van der Waals surface area contributed by atoms with Crippen molar-refractivity contribution in [1.29, 1.82) is 0 Å². The molecule has 1 fully saturated rings. The molecule has 106 valence electrons. The molecule has 0 amide bonds. The lowest BCUT2D eigenvalue weighted by molar-refractivity contribution is -0.121. The highest BCUT2D eigenvalue weighted by Gasteiger charge is 2.41. The summed E-state index contributed by atoms with van der Waals surface area (Å²) in [7, 11) is 1.99. The Morgan fingerprint density at radius 2 is 2.05 bits per heavy atom. The van der Waals surface area contributed by atoms with Crippen LogP contribution in [0.4, 0.5) is 5.69 Å². The average Bonchev–Trinajstić information content (AvgIpc) is 2.78. The Kier molecular flexibility index (Phi) is 4.43. The number of allylic oxidation sites excluding steroid dienone is 2. The van der Waals surface area contributed by atoms with Crippen LogP contribution in [0.2, 0.25) is 0 Å². The first kappa shape index (κ1) is 14.6. The fourth-order valence-electron chi connectivity index (χ4n) is 2.98. The van der Waals surface area contributed by atoms with Gasteiger partial charge in [-0.15, -0.1) is 6.58 Å². The fourth-order valence-corrected chi connectivity index (χ4v) is 2.98. The number of nitrogens with zero attached hydrogens (tertiary/aromatic N) is 1. The van der Waals surface area contributed by atoms with Gasteiger partial charge in [0.2, 0.25) is 0 Å². The number of carbonyl (C=O) groups is 1. The van der Waals surface area contributed by atoms with Crippen LogP contribution in [0.15, 0.2) is 54.8 Å². The van der Waals surface area contributed by atoms with E-state index in [4.69, 9.17) is 0 Å². The average molecular weight is 269 g/mol. The van der Waals surface area contributed by atoms with Crippen LogP contribution >= 0.6 is 0 Å². The lowest BCUT2D eigenvalue weighted by atomic mass is 9.81. The van der Waals surface area contributed by atoms with E-state index in [0.717, 1.165) is 36.9 Å². The van der Waals surface area contributed by atoms with Crippen molar-refractivity contribution in [2.45, 2.75) is 32.6 Å². The van der Waals surface area contributed by atoms with Gasteiger partial charge < -0.3 is 4.90 Å². The summed E-state index contributed by atoms with van der Waals surface area (Å²) in [5.74, 6) is 0.261. The largest absolute Gasteiger partial charge is 0.351 e. The van der Waals surface area contributed by atoms with Gasteiger partial charge in [-0.05, 0) is 31.4 Å². The van der Waals surface area contributed by atoms with Crippen LogP contribution in [0.25, 0.3) is 0 Å². The first-order valence-corrected chi connectivity index (χ1v) is 7.30. The van der Waals surface area contributed by atoms with Gasteiger partial charge in [0, 0.05) is 24.5 Å². The normalized spacial score (nSPS) is 24.1. The van der Waals surface area contributed by atoms with Gasteiger partial charge in [-0.1, -0.05) is 37.6 Å². The Bertz CT molecular complexity index is 517. The zero-order chi connectivity index (χ0) is 14.6. The van der Waals surface area contributed by atoms with E-state index >= 15 is 0 Å². The number of benzene rings is 1. The quantitative estimate of drug-likeness (QED) is 0.585. The van der Waals surface area contributed by atoms with E-state index < -0.39 is 0 Å². The Morgan fingerprint density at radius 1 is 1.35 bits per heavy atom. The van der Waals surface area contributed by atoms with Crippen molar-refractivity contribution in [3.05, 3.63) is 54.8 Å². The zero-order valence-corrected chi connectivity index (χ0v) is 12.4. The predicted molar refractivity (Wildman–Crippen MR) is 84.7 cm³/mol. The molecule has 1 aliphatic carbocycles. The maximum Gasteiger partial charge on any atom is 0.170 e. The SMILES string of the molecule is C=CC1(CCC)CC/C(=C\N(C)c2ccccc2)C1=O. The monoisotopic (exact) mass is 269 g/mol. The van der Waals surface area contributed by atoms with E-state index in [1.165, 1.54) is 0 Å². The van der Waals surface area contributed by atoms with Gasteiger partial charge >= 0.3 is 0 Å². The number of hydrogen-bond donors (Lipinski definition) is 0. The van der Waals surface area contributed by atoms with E-state index in [1.54, 1.807) is 0 Å². The zero-order valence-electron chi connectivity index (χ0n) is 12.4. The highest BCUT2D eigenvalue weighted by Crippen LogP contribution is 2.42. The highest BCUT2D eigenvalue weighted by molar-refractivity contribution is 6.03. The van der Waals surface area contributed by atoms with Crippen molar-refractivity contribution < 1.29 is 4.79 Å². The summed E-state index contributed by atoms with van der Waals surface area (Å²) >= 11 is 0. The number of carbonyl (C=O) groups excluding carboxylic acids is 1. The molecule has 1 atom stereocenters. The van der Waals surface area contributed by atoms with E-state index in [1.807, 2.05) is 54.6 Å². The smallest absolute Gasteiger partial charge is 0.170 e. The molecule has 1 unspecified atom stereocenters. The first-order chi connectivity index (χ1) is 9.63. The van der Waals surface area contributed by atoms with Crippen LogP contribution in [0.3, 0.4) is 0 Å². The van der Waals surface area contributed by atoms with Crippen molar-refractivity contribution in [3.63, 3.8) is 0 Å². The van der Waals surface area contributed by atoms with Crippen LogP contribution in [0.5, 0.6) is 0 Å². The van der Waals surface area contributed by atoms with Crippen molar-refractivity contribution in [3.8, 4) is 0 Å². The number of hydrogen-bond acceptors (Lipinski definition) is 2. The topological polar surface area (TPSA) is 20.3 Å². The van der Waals surface area contributed by atoms with Crippen LogP contribution in [-0.2, 0) is 4.79 Å². The molecule has 0 heterocycles. The van der Waals surface area contributed by atoms with Gasteiger partial charge in [0.25, 0.3) is 0 Å². The summed E-state index contributed by atoms with van der Waals surface area (Å²) in [5, 5.41) is 0. The molecule has 0 spiro atoms. The Morgan fingerprint density at radius 3 is 2.65 bits per heavy atom.